The largest absolute Gasteiger partial charge is 3.00 e. The van der Waals surface area contributed by atoms with Crippen molar-refractivity contribution in [1.29, 1.82) is 0 Å². The predicted molar refractivity (Wildman–Crippen MR) is 358 cm³/mol. The van der Waals surface area contributed by atoms with E-state index in [4.69, 9.17) is 17.2 Å². The number of nitrogens with one attached hydrogen (secondary N) is 3. The first kappa shape index (κ1) is 67.7. The van der Waals surface area contributed by atoms with Crippen molar-refractivity contribution in [2.24, 2.45) is 17.2 Å². The summed E-state index contributed by atoms with van der Waals surface area (Å²) in [4.78, 5) is 62.0. The van der Waals surface area contributed by atoms with Gasteiger partial charge in [0.2, 0.25) is 0 Å². The average Bonchev–Trinajstić information content (AvgIpc) is 0.952. The second kappa shape index (κ2) is 33.6. The SMILES string of the molecule is N[C@@H](Cc1c[nH]cn1)[C](=O)[Cr-][Si](c1ccccc1)(c1ccccc1)c1ccccc1.N[C@H](Cc1c[nH]cn1)[C](=O)[Cr-][Si](c1ccccc1)(c1ccccc1)c1ccccc1.N[C@H](Cc1c[nH]cn1)[C](=O)[Cr-][Si](c1ccccc1)(c1ccccc1)c1ccccc1.[Cr+3]. The van der Waals surface area contributed by atoms with Gasteiger partial charge in [-0.3, -0.25) is 0 Å². The number of aromatic amines is 3. The van der Waals surface area contributed by atoms with E-state index >= 15 is 0 Å². The fourth-order valence-corrected chi connectivity index (χ4v) is 39.7. The summed E-state index contributed by atoms with van der Waals surface area (Å²) in [5.74, 6) is 0. The van der Waals surface area contributed by atoms with Crippen molar-refractivity contribution in [2.75, 3.05) is 0 Å². The number of hydrogen-bond acceptors (Lipinski definition) is 9. The van der Waals surface area contributed by atoms with Gasteiger partial charge in [0.25, 0.3) is 0 Å². The van der Waals surface area contributed by atoms with Crippen LogP contribution >= 0.6 is 0 Å². The average molecular weight is 1400 g/mol. The van der Waals surface area contributed by atoms with E-state index in [9.17, 15) is 14.4 Å². The molecule has 12 nitrogen and oxygen atoms in total. The number of rotatable bonds is 24. The summed E-state index contributed by atoms with van der Waals surface area (Å²) in [6, 6.07) is 92.7. The van der Waals surface area contributed by atoms with Crippen LogP contribution in [0.4, 0.5) is 0 Å². The van der Waals surface area contributed by atoms with Crippen LogP contribution in [0.25, 0.3) is 0 Å². The molecule has 0 aliphatic heterocycles. The number of benzene rings is 9. The van der Waals surface area contributed by atoms with Crippen LogP contribution in [0.5, 0.6) is 0 Å². The third-order valence-corrected chi connectivity index (χ3v) is 45.6. The summed E-state index contributed by atoms with van der Waals surface area (Å²) in [7, 11) is 0. The molecule has 9 N–H and O–H groups in total. The molecule has 19 heteroatoms. The van der Waals surface area contributed by atoms with Crippen molar-refractivity contribution in [3.63, 3.8) is 0 Å². The van der Waals surface area contributed by atoms with Gasteiger partial charge in [-0.05, 0) is 0 Å². The second-order valence-electron chi connectivity index (χ2n) is 21.2. The number of carbonyl (C=O) groups is 3. The van der Waals surface area contributed by atoms with Gasteiger partial charge in [-0.1, -0.05) is 0 Å². The summed E-state index contributed by atoms with van der Waals surface area (Å²) < 4.78 is 0.399. The van der Waals surface area contributed by atoms with Crippen molar-refractivity contribution in [3.05, 3.63) is 328 Å². The molecule has 3 atom stereocenters. The molecule has 3 heterocycles. The standard InChI is InChI=1S/3C18H15Si.3C6H8N3O.4Cr/c3*1-4-10-16(11-5-1)19(17-12-6-2-7-13-17)18-14-8-3-9-15-18;3*7-5(3-10)1-6-2-8-4-9-6;;;;/h3*1-15H;3*2,4-5H,1,7H2,(H,8,9);;;;/q;;;;;;3*-1;+3/t;;;3*5-;;;;/m...110..../s1. The summed E-state index contributed by atoms with van der Waals surface area (Å²) in [6.07, 6.45) is 11.6. The molecule has 0 aliphatic rings. The Kier molecular flexibility index (Phi) is 25.0. The normalized spacial score (nSPS) is 12.3. The monoisotopic (exact) mass is 1400 g/mol. The number of carbonyl (C=O) groups excluding carboxylic acids is 3. The maximum absolute atomic E-state index is 13.5. The number of nitrogens with two attached hydrogens (primary N) is 3. The molecule has 0 aliphatic carbocycles. The van der Waals surface area contributed by atoms with Crippen molar-refractivity contribution >= 4 is 80.5 Å². The van der Waals surface area contributed by atoms with Gasteiger partial charge >= 0.3 is 568 Å². The van der Waals surface area contributed by atoms with Crippen LogP contribution in [-0.2, 0) is 94.7 Å². The molecule has 12 aromatic rings. The molecule has 456 valence electrons. The molecule has 0 saturated heterocycles. The van der Waals surface area contributed by atoms with Gasteiger partial charge in [0, 0.05) is 0 Å². The van der Waals surface area contributed by atoms with Crippen molar-refractivity contribution in [3.8, 4) is 0 Å². The molecule has 3 aromatic heterocycles. The Morgan fingerprint density at radius 1 is 0.297 bits per heavy atom. The van der Waals surface area contributed by atoms with E-state index in [1.165, 1.54) is 46.7 Å². The Morgan fingerprint density at radius 2 is 0.451 bits per heavy atom. The topological polar surface area (TPSA) is 215 Å². The first-order chi connectivity index (χ1) is 44.1. The van der Waals surface area contributed by atoms with Gasteiger partial charge < -0.3 is 0 Å². The first-order valence-electron chi connectivity index (χ1n) is 29.5. The third kappa shape index (κ3) is 16.7. The number of aromatic nitrogens is 6. The van der Waals surface area contributed by atoms with Crippen LogP contribution in [0, 0.1) is 0 Å². The minimum atomic E-state index is -2.55. The van der Waals surface area contributed by atoms with Gasteiger partial charge in [-0.2, -0.15) is 0 Å². The van der Waals surface area contributed by atoms with E-state index in [-0.39, 0.29) is 75.0 Å². The van der Waals surface area contributed by atoms with Crippen molar-refractivity contribution in [2.45, 2.75) is 37.4 Å². The molecule has 0 saturated carbocycles. The molecule has 0 spiro atoms. The van der Waals surface area contributed by atoms with E-state index in [1.54, 1.807) is 37.6 Å². The van der Waals surface area contributed by atoms with Gasteiger partial charge in [-0.25, -0.2) is 0 Å². The molecule has 9 aromatic carbocycles. The quantitative estimate of drug-likeness (QED) is 0.0366. The number of hydrogen-bond donors (Lipinski definition) is 6. The van der Waals surface area contributed by atoms with Crippen LogP contribution in [-0.4, -0.2) is 81.9 Å². The number of H-pyrrole nitrogens is 3. The Labute approximate surface area is 563 Å². The molecular formula is C72H69Cr4N9O3Si3. The maximum atomic E-state index is 13.5. The third-order valence-electron chi connectivity index (χ3n) is 15.2. The van der Waals surface area contributed by atoms with Crippen LogP contribution in [0.15, 0.2) is 311 Å². The second-order valence-corrected chi connectivity index (χ2v) is 44.5. The summed E-state index contributed by atoms with van der Waals surface area (Å²) in [5, 5.41) is 11.1. The Morgan fingerprint density at radius 3 is 0.582 bits per heavy atom. The Bertz CT molecular complexity index is 3360. The first-order valence-corrected chi connectivity index (χ1v) is 42.9. The molecule has 1 radical (unpaired) electrons. The minimum absolute atomic E-state index is 0. The molecule has 0 bridgehead atoms. The zero-order valence-corrected chi connectivity index (χ0v) is 57.8. The summed E-state index contributed by atoms with van der Waals surface area (Å²) in [5.41, 5.74) is 21.6. The summed E-state index contributed by atoms with van der Waals surface area (Å²) >= 11 is -1.02. The van der Waals surface area contributed by atoms with Crippen LogP contribution < -0.4 is 63.9 Å². The number of nitrogens with zero attached hydrogens (tertiary/aromatic N) is 3. The number of imidazole rings is 3. The maximum Gasteiger partial charge on any atom is 3.00 e. The molecule has 0 fully saturated rings. The smallest absolute Gasteiger partial charge is 3.00 e. The zero-order valence-electron chi connectivity index (χ0n) is 49.7. The van der Waals surface area contributed by atoms with E-state index in [0.717, 1.165) is 17.1 Å². The molecule has 0 unspecified atom stereocenters. The van der Waals surface area contributed by atoms with Gasteiger partial charge in [-0.15, -0.1) is 0 Å². The Hall–Kier alpha value is -7.72. The molecule has 12 rings (SSSR count). The zero-order chi connectivity index (χ0) is 62.4. The van der Waals surface area contributed by atoms with Gasteiger partial charge in [0.15, 0.2) is 0 Å². The fraction of sp³-hybridized carbons (Fsp3) is 0.0833. The van der Waals surface area contributed by atoms with E-state index in [1.807, 2.05) is 54.6 Å². The Balaban J connectivity index is 0.000000161. The summed E-state index contributed by atoms with van der Waals surface area (Å²) in [6.45, 7) is -7.64. The van der Waals surface area contributed by atoms with Crippen LogP contribution in [0.3, 0.4) is 0 Å². The molecular weight excluding hydrogens is 1330 g/mol. The van der Waals surface area contributed by atoms with Crippen LogP contribution in [0.2, 0.25) is 0 Å². The van der Waals surface area contributed by atoms with Crippen LogP contribution in [0.1, 0.15) is 17.1 Å². The van der Waals surface area contributed by atoms with E-state index in [2.05, 4.69) is 248 Å². The van der Waals surface area contributed by atoms with Crippen molar-refractivity contribution in [1.82, 2.24) is 29.9 Å². The predicted octanol–water partition coefficient (Wildman–Crippen LogP) is 4.66. The van der Waals surface area contributed by atoms with Gasteiger partial charge in [0.05, 0.1) is 0 Å². The molecule has 91 heavy (non-hydrogen) atoms. The van der Waals surface area contributed by atoms with Crippen molar-refractivity contribution < 1.29 is 75.5 Å². The van der Waals surface area contributed by atoms with E-state index < -0.39 is 38.0 Å². The minimum Gasteiger partial charge on any atom is 3.00 e. The molecule has 0 amide bonds. The van der Waals surface area contributed by atoms with Gasteiger partial charge in [0.1, 0.15) is 0 Å². The van der Waals surface area contributed by atoms with E-state index in [0.29, 0.717) is 19.3 Å². The fourth-order valence-electron chi connectivity index (χ4n) is 10.9.